The highest BCUT2D eigenvalue weighted by Crippen LogP contribution is 2.22. The van der Waals surface area contributed by atoms with Crippen molar-refractivity contribution in [2.24, 2.45) is 0 Å². The van der Waals surface area contributed by atoms with Crippen LogP contribution in [0.1, 0.15) is 16.1 Å². The van der Waals surface area contributed by atoms with E-state index in [1.807, 2.05) is 30.3 Å². The van der Waals surface area contributed by atoms with Crippen LogP contribution in [0.15, 0.2) is 60.8 Å². The number of benzene rings is 2. The predicted octanol–water partition coefficient (Wildman–Crippen LogP) is 3.30. The zero-order chi connectivity index (χ0) is 14.7. The number of rotatable bonds is 3. The van der Waals surface area contributed by atoms with E-state index in [0.29, 0.717) is 5.39 Å². The standard InChI is InChI=1S/C17H13NO3/c19-14-6-7-15-13(10-14)8-9-18-16(15)17(20)21-11-12-4-2-1-3-5-12/h1-10,19H,11H2. The molecule has 0 bridgehead atoms. The smallest absolute Gasteiger partial charge is 0.357 e. The van der Waals surface area contributed by atoms with Crippen LogP contribution in [-0.4, -0.2) is 16.1 Å². The molecule has 0 aliphatic rings. The van der Waals surface area contributed by atoms with E-state index in [9.17, 15) is 9.90 Å². The first-order valence-corrected chi connectivity index (χ1v) is 6.53. The number of carbonyl (C=O) groups is 1. The lowest BCUT2D eigenvalue weighted by Crippen LogP contribution is -2.08. The summed E-state index contributed by atoms with van der Waals surface area (Å²) in [6, 6.07) is 16.0. The Morgan fingerprint density at radius 2 is 1.90 bits per heavy atom. The summed E-state index contributed by atoms with van der Waals surface area (Å²) in [6.07, 6.45) is 1.53. The summed E-state index contributed by atoms with van der Waals surface area (Å²) in [5.41, 5.74) is 1.17. The van der Waals surface area contributed by atoms with Gasteiger partial charge >= 0.3 is 5.97 Å². The molecule has 0 fully saturated rings. The van der Waals surface area contributed by atoms with Crippen LogP contribution in [0.3, 0.4) is 0 Å². The third-order valence-corrected chi connectivity index (χ3v) is 3.15. The molecule has 0 unspecified atom stereocenters. The third kappa shape index (κ3) is 2.84. The van der Waals surface area contributed by atoms with E-state index in [2.05, 4.69) is 4.98 Å². The van der Waals surface area contributed by atoms with E-state index in [1.165, 1.54) is 12.3 Å². The number of carbonyl (C=O) groups excluding carboxylic acids is 1. The Morgan fingerprint density at radius 3 is 2.71 bits per heavy atom. The SMILES string of the molecule is O=C(OCc1ccccc1)c1nccc2cc(O)ccc12. The van der Waals surface area contributed by atoms with Gasteiger partial charge in [-0.2, -0.15) is 0 Å². The van der Waals surface area contributed by atoms with Gasteiger partial charge in [-0.15, -0.1) is 0 Å². The molecule has 0 radical (unpaired) electrons. The Labute approximate surface area is 121 Å². The Hall–Kier alpha value is -2.88. The molecule has 4 heteroatoms. The van der Waals surface area contributed by atoms with Crippen molar-refractivity contribution < 1.29 is 14.6 Å². The highest BCUT2D eigenvalue weighted by Gasteiger charge is 2.13. The average Bonchev–Trinajstić information content (AvgIpc) is 2.52. The number of nitrogens with zero attached hydrogens (tertiary/aromatic N) is 1. The fourth-order valence-corrected chi connectivity index (χ4v) is 2.12. The minimum Gasteiger partial charge on any atom is -0.508 e. The van der Waals surface area contributed by atoms with Crippen molar-refractivity contribution in [3.63, 3.8) is 0 Å². The number of hydrogen-bond donors (Lipinski definition) is 1. The van der Waals surface area contributed by atoms with Gasteiger partial charge in [0.2, 0.25) is 0 Å². The summed E-state index contributed by atoms with van der Waals surface area (Å²) in [4.78, 5) is 16.3. The third-order valence-electron chi connectivity index (χ3n) is 3.15. The number of ether oxygens (including phenoxy) is 1. The summed E-state index contributed by atoms with van der Waals surface area (Å²) in [5, 5.41) is 10.9. The van der Waals surface area contributed by atoms with Gasteiger partial charge in [0, 0.05) is 11.6 Å². The lowest BCUT2D eigenvalue weighted by molar-refractivity contribution is 0.0468. The largest absolute Gasteiger partial charge is 0.508 e. The van der Waals surface area contributed by atoms with Crippen LogP contribution >= 0.6 is 0 Å². The van der Waals surface area contributed by atoms with E-state index in [-0.39, 0.29) is 18.1 Å². The maximum absolute atomic E-state index is 12.2. The van der Waals surface area contributed by atoms with E-state index >= 15 is 0 Å². The minimum atomic E-state index is -0.477. The lowest BCUT2D eigenvalue weighted by Gasteiger charge is -2.07. The molecule has 0 spiro atoms. The number of aromatic nitrogens is 1. The van der Waals surface area contributed by atoms with Crippen molar-refractivity contribution in [3.8, 4) is 5.75 Å². The first-order chi connectivity index (χ1) is 10.2. The molecule has 104 valence electrons. The van der Waals surface area contributed by atoms with Crippen molar-refractivity contribution in [1.29, 1.82) is 0 Å². The lowest BCUT2D eigenvalue weighted by atomic mass is 10.1. The number of fused-ring (bicyclic) bond motifs is 1. The van der Waals surface area contributed by atoms with Crippen molar-refractivity contribution >= 4 is 16.7 Å². The second-order valence-electron chi connectivity index (χ2n) is 4.63. The molecule has 4 nitrogen and oxygen atoms in total. The Morgan fingerprint density at radius 1 is 1.10 bits per heavy atom. The number of aromatic hydroxyl groups is 1. The van der Waals surface area contributed by atoms with E-state index in [4.69, 9.17) is 4.74 Å². The molecule has 0 aliphatic heterocycles. The minimum absolute atomic E-state index is 0.150. The highest BCUT2D eigenvalue weighted by molar-refractivity contribution is 6.02. The molecule has 2 aromatic carbocycles. The van der Waals surface area contributed by atoms with E-state index in [0.717, 1.165) is 10.9 Å². The number of hydrogen-bond acceptors (Lipinski definition) is 4. The molecular formula is C17H13NO3. The molecule has 1 aromatic heterocycles. The van der Waals surface area contributed by atoms with Gasteiger partial charge in [0.1, 0.15) is 12.4 Å². The number of esters is 1. The Bertz CT molecular complexity index is 784. The van der Waals surface area contributed by atoms with Crippen LogP contribution in [0.2, 0.25) is 0 Å². The Kier molecular flexibility index (Phi) is 3.51. The molecule has 3 aromatic rings. The zero-order valence-electron chi connectivity index (χ0n) is 11.2. The summed E-state index contributed by atoms with van der Waals surface area (Å²) >= 11 is 0. The van der Waals surface area contributed by atoms with E-state index < -0.39 is 5.97 Å². The van der Waals surface area contributed by atoms with Crippen LogP contribution in [-0.2, 0) is 11.3 Å². The van der Waals surface area contributed by atoms with Crippen LogP contribution in [0.4, 0.5) is 0 Å². The number of phenolic OH excluding ortho intramolecular Hbond substituents is 1. The van der Waals surface area contributed by atoms with Crippen LogP contribution < -0.4 is 0 Å². The van der Waals surface area contributed by atoms with Gasteiger partial charge in [-0.05, 0) is 35.2 Å². The molecule has 0 amide bonds. The molecular weight excluding hydrogens is 266 g/mol. The van der Waals surface area contributed by atoms with Crippen molar-refractivity contribution in [2.75, 3.05) is 0 Å². The molecule has 21 heavy (non-hydrogen) atoms. The van der Waals surface area contributed by atoms with E-state index in [1.54, 1.807) is 18.2 Å². The maximum Gasteiger partial charge on any atom is 0.357 e. The monoisotopic (exact) mass is 279 g/mol. The molecule has 0 aliphatic carbocycles. The van der Waals surface area contributed by atoms with Crippen LogP contribution in [0.25, 0.3) is 10.8 Å². The number of phenols is 1. The summed E-state index contributed by atoms with van der Waals surface area (Å²) in [5.74, 6) is -0.326. The van der Waals surface area contributed by atoms with Crippen molar-refractivity contribution in [2.45, 2.75) is 6.61 Å². The summed E-state index contributed by atoms with van der Waals surface area (Å²) in [6.45, 7) is 0.204. The van der Waals surface area contributed by atoms with Gasteiger partial charge in [0.25, 0.3) is 0 Å². The zero-order valence-corrected chi connectivity index (χ0v) is 11.2. The first kappa shape index (κ1) is 13.1. The molecule has 0 saturated carbocycles. The van der Waals surface area contributed by atoms with Crippen LogP contribution in [0.5, 0.6) is 5.75 Å². The normalized spacial score (nSPS) is 10.5. The van der Waals surface area contributed by atoms with Crippen molar-refractivity contribution in [3.05, 3.63) is 72.1 Å². The second-order valence-corrected chi connectivity index (χ2v) is 4.63. The van der Waals surface area contributed by atoms with Crippen molar-refractivity contribution in [1.82, 2.24) is 4.98 Å². The first-order valence-electron chi connectivity index (χ1n) is 6.53. The number of pyridine rings is 1. The fourth-order valence-electron chi connectivity index (χ4n) is 2.12. The molecule has 1 N–H and O–H groups in total. The van der Waals surface area contributed by atoms with Gasteiger partial charge in [-0.25, -0.2) is 9.78 Å². The van der Waals surface area contributed by atoms with Gasteiger partial charge in [0.05, 0.1) is 0 Å². The van der Waals surface area contributed by atoms with Gasteiger partial charge < -0.3 is 9.84 Å². The second kappa shape index (κ2) is 5.63. The highest BCUT2D eigenvalue weighted by atomic mass is 16.5. The maximum atomic E-state index is 12.2. The predicted molar refractivity (Wildman–Crippen MR) is 79.0 cm³/mol. The summed E-state index contributed by atoms with van der Waals surface area (Å²) in [7, 11) is 0. The topological polar surface area (TPSA) is 59.4 Å². The quantitative estimate of drug-likeness (QED) is 0.747. The summed E-state index contributed by atoms with van der Waals surface area (Å²) < 4.78 is 5.29. The molecule has 1 heterocycles. The van der Waals surface area contributed by atoms with Crippen LogP contribution in [0, 0.1) is 0 Å². The molecule has 3 rings (SSSR count). The van der Waals surface area contributed by atoms with Gasteiger partial charge in [-0.1, -0.05) is 30.3 Å². The molecule has 0 atom stereocenters. The van der Waals surface area contributed by atoms with Gasteiger partial charge in [-0.3, -0.25) is 0 Å². The molecule has 0 saturated heterocycles. The van der Waals surface area contributed by atoms with Gasteiger partial charge in [0.15, 0.2) is 5.69 Å². The average molecular weight is 279 g/mol. The Balaban J connectivity index is 1.85. The fraction of sp³-hybridized carbons (Fsp3) is 0.0588.